The Kier molecular flexibility index (Phi) is 5.30. The SMILES string of the molecule is C[C@H](OC(=O)c1cc(Cl)ccc1Cl)C(=O)N1CCc2ccccc2C1. The van der Waals surface area contributed by atoms with Gasteiger partial charge < -0.3 is 9.64 Å². The van der Waals surface area contributed by atoms with Gasteiger partial charge in [0.15, 0.2) is 6.10 Å². The quantitative estimate of drug-likeness (QED) is 0.755. The molecule has 6 heteroatoms. The number of carbonyl (C=O) groups is 2. The molecular weight excluding hydrogens is 361 g/mol. The van der Waals surface area contributed by atoms with E-state index in [1.807, 2.05) is 18.2 Å². The lowest BCUT2D eigenvalue weighted by atomic mass is 9.99. The van der Waals surface area contributed by atoms with Gasteiger partial charge in [-0.1, -0.05) is 47.5 Å². The molecule has 130 valence electrons. The Morgan fingerprint density at radius 3 is 2.60 bits per heavy atom. The number of esters is 1. The zero-order valence-electron chi connectivity index (χ0n) is 13.7. The zero-order chi connectivity index (χ0) is 18.0. The summed E-state index contributed by atoms with van der Waals surface area (Å²) in [6.07, 6.45) is -0.101. The lowest BCUT2D eigenvalue weighted by Crippen LogP contribution is -2.42. The number of halogens is 2. The summed E-state index contributed by atoms with van der Waals surface area (Å²) in [5.41, 5.74) is 2.53. The average Bonchev–Trinajstić information content (AvgIpc) is 2.62. The predicted octanol–water partition coefficient (Wildman–Crippen LogP) is 4.12. The molecule has 1 atom stereocenters. The van der Waals surface area contributed by atoms with Crippen LogP contribution in [0.3, 0.4) is 0 Å². The number of amides is 1. The van der Waals surface area contributed by atoms with Crippen LogP contribution in [-0.2, 0) is 22.5 Å². The standard InChI is InChI=1S/C19H17Cl2NO3/c1-12(25-19(24)16-10-15(20)6-7-17(16)21)18(23)22-9-8-13-4-2-3-5-14(13)11-22/h2-7,10,12H,8-9,11H2,1H3/t12-/m0/s1. The van der Waals surface area contributed by atoms with E-state index in [9.17, 15) is 9.59 Å². The van der Waals surface area contributed by atoms with Crippen LogP contribution in [-0.4, -0.2) is 29.4 Å². The van der Waals surface area contributed by atoms with Gasteiger partial charge in [-0.15, -0.1) is 0 Å². The molecule has 0 saturated carbocycles. The molecule has 0 N–H and O–H groups in total. The highest BCUT2D eigenvalue weighted by atomic mass is 35.5. The molecule has 1 heterocycles. The van der Waals surface area contributed by atoms with Crippen molar-refractivity contribution in [2.75, 3.05) is 6.54 Å². The second kappa shape index (κ2) is 7.46. The molecule has 0 unspecified atom stereocenters. The molecule has 3 rings (SSSR count). The van der Waals surface area contributed by atoms with Crippen molar-refractivity contribution < 1.29 is 14.3 Å². The number of hydrogen-bond donors (Lipinski definition) is 0. The van der Waals surface area contributed by atoms with Crippen molar-refractivity contribution >= 4 is 35.1 Å². The summed E-state index contributed by atoms with van der Waals surface area (Å²) < 4.78 is 5.30. The van der Waals surface area contributed by atoms with E-state index in [-0.39, 0.29) is 16.5 Å². The van der Waals surface area contributed by atoms with Crippen molar-refractivity contribution in [1.29, 1.82) is 0 Å². The number of fused-ring (bicyclic) bond motifs is 1. The van der Waals surface area contributed by atoms with Gasteiger partial charge in [-0.05, 0) is 42.7 Å². The van der Waals surface area contributed by atoms with Gasteiger partial charge >= 0.3 is 5.97 Å². The Labute approximate surface area is 156 Å². The lowest BCUT2D eigenvalue weighted by Gasteiger charge is -2.30. The van der Waals surface area contributed by atoms with Crippen molar-refractivity contribution in [1.82, 2.24) is 4.90 Å². The molecule has 2 aromatic carbocycles. The van der Waals surface area contributed by atoms with E-state index in [4.69, 9.17) is 27.9 Å². The smallest absolute Gasteiger partial charge is 0.340 e. The van der Waals surface area contributed by atoms with Crippen LogP contribution in [0.1, 0.15) is 28.4 Å². The summed E-state index contributed by atoms with van der Waals surface area (Å²) in [4.78, 5) is 26.6. The van der Waals surface area contributed by atoms with E-state index in [1.54, 1.807) is 17.9 Å². The van der Waals surface area contributed by atoms with Gasteiger partial charge in [-0.25, -0.2) is 4.79 Å². The molecule has 0 radical (unpaired) electrons. The van der Waals surface area contributed by atoms with Gasteiger partial charge in [-0.2, -0.15) is 0 Å². The monoisotopic (exact) mass is 377 g/mol. The first-order chi connectivity index (χ1) is 12.0. The van der Waals surface area contributed by atoms with E-state index in [2.05, 4.69) is 6.07 Å². The third-order valence-corrected chi connectivity index (χ3v) is 4.79. The van der Waals surface area contributed by atoms with Crippen molar-refractivity contribution in [3.05, 3.63) is 69.2 Å². The van der Waals surface area contributed by atoms with Crippen LogP contribution in [0, 0.1) is 0 Å². The molecule has 1 aliphatic heterocycles. The Balaban J connectivity index is 1.67. The van der Waals surface area contributed by atoms with Crippen molar-refractivity contribution in [2.45, 2.75) is 26.0 Å². The predicted molar refractivity (Wildman–Crippen MR) is 96.9 cm³/mol. The molecule has 1 amide bonds. The fourth-order valence-corrected chi connectivity index (χ4v) is 3.24. The molecule has 0 spiro atoms. The second-order valence-electron chi connectivity index (χ2n) is 5.95. The van der Waals surface area contributed by atoms with Crippen LogP contribution in [0.2, 0.25) is 10.0 Å². The summed E-state index contributed by atoms with van der Waals surface area (Å²) in [7, 11) is 0. The molecule has 0 aromatic heterocycles. The first-order valence-electron chi connectivity index (χ1n) is 7.97. The number of benzene rings is 2. The Bertz CT molecular complexity index is 822. The number of hydrogen-bond acceptors (Lipinski definition) is 3. The molecule has 4 nitrogen and oxygen atoms in total. The maximum absolute atomic E-state index is 12.6. The maximum Gasteiger partial charge on any atom is 0.340 e. The molecule has 2 aromatic rings. The zero-order valence-corrected chi connectivity index (χ0v) is 15.2. The lowest BCUT2D eigenvalue weighted by molar-refractivity contribution is -0.140. The van der Waals surface area contributed by atoms with Crippen molar-refractivity contribution in [2.24, 2.45) is 0 Å². The summed E-state index contributed by atoms with van der Waals surface area (Å²) in [6, 6.07) is 12.6. The summed E-state index contributed by atoms with van der Waals surface area (Å²) >= 11 is 11.9. The fraction of sp³-hybridized carbons (Fsp3) is 0.263. The third kappa shape index (κ3) is 3.97. The first kappa shape index (κ1) is 17.8. The number of carbonyl (C=O) groups excluding carboxylic acids is 2. The summed E-state index contributed by atoms with van der Waals surface area (Å²) in [6.45, 7) is 2.70. The van der Waals surface area contributed by atoms with Gasteiger partial charge in [0.25, 0.3) is 5.91 Å². The summed E-state index contributed by atoms with van der Waals surface area (Å²) in [5.74, 6) is -0.883. The summed E-state index contributed by atoms with van der Waals surface area (Å²) in [5, 5.41) is 0.615. The highest BCUT2D eigenvalue weighted by Gasteiger charge is 2.27. The van der Waals surface area contributed by atoms with E-state index in [0.717, 1.165) is 12.0 Å². The van der Waals surface area contributed by atoms with Crippen LogP contribution in [0.4, 0.5) is 0 Å². The topological polar surface area (TPSA) is 46.6 Å². The number of ether oxygens (including phenoxy) is 1. The molecular formula is C19H17Cl2NO3. The molecule has 0 aliphatic carbocycles. The molecule has 1 aliphatic rings. The van der Waals surface area contributed by atoms with E-state index < -0.39 is 12.1 Å². The maximum atomic E-state index is 12.6. The van der Waals surface area contributed by atoms with E-state index in [1.165, 1.54) is 17.7 Å². The van der Waals surface area contributed by atoms with E-state index in [0.29, 0.717) is 18.1 Å². The first-order valence-corrected chi connectivity index (χ1v) is 8.73. The normalized spacial score (nSPS) is 14.6. The highest BCUT2D eigenvalue weighted by molar-refractivity contribution is 6.35. The van der Waals surface area contributed by atoms with E-state index >= 15 is 0 Å². The second-order valence-corrected chi connectivity index (χ2v) is 6.79. The van der Waals surface area contributed by atoms with Crippen LogP contribution in [0.15, 0.2) is 42.5 Å². The van der Waals surface area contributed by atoms with Crippen LogP contribution >= 0.6 is 23.2 Å². The molecule has 0 saturated heterocycles. The van der Waals surface area contributed by atoms with Gasteiger partial charge in [0, 0.05) is 18.1 Å². The largest absolute Gasteiger partial charge is 0.449 e. The van der Waals surface area contributed by atoms with Gasteiger partial charge in [0.1, 0.15) is 0 Å². The van der Waals surface area contributed by atoms with Gasteiger partial charge in [0.05, 0.1) is 10.6 Å². The Hall–Kier alpha value is -2.04. The fourth-order valence-electron chi connectivity index (χ4n) is 2.87. The third-order valence-electron chi connectivity index (χ3n) is 4.22. The molecule has 0 bridgehead atoms. The minimum atomic E-state index is -0.896. The highest BCUT2D eigenvalue weighted by Crippen LogP contribution is 2.23. The average molecular weight is 378 g/mol. The number of nitrogens with zero attached hydrogens (tertiary/aromatic N) is 1. The minimum Gasteiger partial charge on any atom is -0.449 e. The minimum absolute atomic E-state index is 0.151. The number of rotatable bonds is 3. The van der Waals surface area contributed by atoms with Crippen LogP contribution < -0.4 is 0 Å². The van der Waals surface area contributed by atoms with Gasteiger partial charge in [-0.3, -0.25) is 4.79 Å². The molecule has 0 fully saturated rings. The molecule has 25 heavy (non-hydrogen) atoms. The Morgan fingerprint density at radius 1 is 1.12 bits per heavy atom. The Morgan fingerprint density at radius 2 is 1.84 bits per heavy atom. The van der Waals surface area contributed by atoms with Crippen LogP contribution in [0.5, 0.6) is 0 Å². The van der Waals surface area contributed by atoms with Crippen LogP contribution in [0.25, 0.3) is 0 Å². The van der Waals surface area contributed by atoms with Crippen molar-refractivity contribution in [3.8, 4) is 0 Å². The van der Waals surface area contributed by atoms with Gasteiger partial charge in [0.2, 0.25) is 0 Å². The van der Waals surface area contributed by atoms with Crippen molar-refractivity contribution in [3.63, 3.8) is 0 Å².